The van der Waals surface area contributed by atoms with Crippen LogP contribution in [-0.2, 0) is 0 Å². The summed E-state index contributed by atoms with van der Waals surface area (Å²) in [6.45, 7) is 2.19. The van der Waals surface area contributed by atoms with Gasteiger partial charge in [-0.15, -0.1) is 0 Å². The van der Waals surface area contributed by atoms with Gasteiger partial charge in [-0.3, -0.25) is 4.79 Å². The van der Waals surface area contributed by atoms with Crippen molar-refractivity contribution in [1.29, 1.82) is 0 Å². The van der Waals surface area contributed by atoms with Crippen LogP contribution in [0.1, 0.15) is 23.3 Å². The Labute approximate surface area is 119 Å². The molecule has 0 saturated carbocycles. The molecule has 4 nitrogen and oxygen atoms in total. The minimum atomic E-state index is -1.11. The zero-order chi connectivity index (χ0) is 14.7. The first-order valence-electron chi connectivity index (χ1n) is 5.89. The van der Waals surface area contributed by atoms with Crippen LogP contribution in [0.15, 0.2) is 30.9 Å². The van der Waals surface area contributed by atoms with Crippen LogP contribution in [0.4, 0.5) is 8.78 Å². The number of rotatable bonds is 4. The maximum Gasteiger partial charge on any atom is 0.252 e. The monoisotopic (exact) mass is 299 g/mol. The van der Waals surface area contributed by atoms with E-state index in [1.54, 1.807) is 18.7 Å². The highest BCUT2D eigenvalue weighted by atomic mass is 35.5. The van der Waals surface area contributed by atoms with Crippen molar-refractivity contribution in [3.63, 3.8) is 0 Å². The Kier molecular flexibility index (Phi) is 4.34. The number of hydrogen-bond donors (Lipinski definition) is 1. The minimum Gasteiger partial charge on any atom is -0.350 e. The predicted molar refractivity (Wildman–Crippen MR) is 70.6 cm³/mol. The molecule has 1 aromatic heterocycles. The summed E-state index contributed by atoms with van der Waals surface area (Å²) < 4.78 is 27.8. The highest BCUT2D eigenvalue weighted by Gasteiger charge is 2.15. The lowest BCUT2D eigenvalue weighted by Crippen LogP contribution is -2.29. The second-order valence-corrected chi connectivity index (χ2v) is 4.72. The van der Waals surface area contributed by atoms with Gasteiger partial charge in [0.25, 0.3) is 5.91 Å². The van der Waals surface area contributed by atoms with Crippen molar-refractivity contribution in [3.05, 3.63) is 53.1 Å². The molecule has 20 heavy (non-hydrogen) atoms. The molecule has 1 atom stereocenters. The molecular weight excluding hydrogens is 288 g/mol. The van der Waals surface area contributed by atoms with E-state index in [-0.39, 0.29) is 16.6 Å². The molecule has 0 spiro atoms. The fourth-order valence-electron chi connectivity index (χ4n) is 1.67. The fraction of sp³-hybridized carbons (Fsp3) is 0.231. The Bertz CT molecular complexity index is 616. The summed E-state index contributed by atoms with van der Waals surface area (Å²) in [5.41, 5.74) is -0.0941. The van der Waals surface area contributed by atoms with Gasteiger partial charge in [0.2, 0.25) is 0 Å². The summed E-state index contributed by atoms with van der Waals surface area (Å²) in [6.07, 6.45) is 5.02. The Hall–Kier alpha value is -1.95. The number of carbonyl (C=O) groups excluding carboxylic acids is 1. The zero-order valence-electron chi connectivity index (χ0n) is 10.6. The molecule has 0 radical (unpaired) electrons. The first kappa shape index (κ1) is 14.5. The van der Waals surface area contributed by atoms with Gasteiger partial charge in [-0.25, -0.2) is 13.8 Å². The average molecular weight is 300 g/mol. The van der Waals surface area contributed by atoms with Crippen molar-refractivity contribution in [2.45, 2.75) is 13.0 Å². The highest BCUT2D eigenvalue weighted by Crippen LogP contribution is 2.20. The van der Waals surface area contributed by atoms with Crippen molar-refractivity contribution >= 4 is 17.5 Å². The third kappa shape index (κ3) is 3.14. The summed E-state index contributed by atoms with van der Waals surface area (Å²) in [5, 5.41) is 2.49. The Morgan fingerprint density at radius 3 is 2.80 bits per heavy atom. The highest BCUT2D eigenvalue weighted by molar-refractivity contribution is 6.33. The van der Waals surface area contributed by atoms with Crippen LogP contribution >= 0.6 is 11.6 Å². The number of amides is 1. The molecule has 1 amide bonds. The molecule has 7 heteroatoms. The van der Waals surface area contributed by atoms with E-state index >= 15 is 0 Å². The van der Waals surface area contributed by atoms with E-state index in [2.05, 4.69) is 10.3 Å². The van der Waals surface area contributed by atoms with Crippen LogP contribution in [0, 0.1) is 11.6 Å². The van der Waals surface area contributed by atoms with Gasteiger partial charge in [-0.2, -0.15) is 0 Å². The molecule has 1 heterocycles. The summed E-state index contributed by atoms with van der Waals surface area (Å²) in [6, 6.07) is 1.55. The minimum absolute atomic E-state index is 0.0227. The van der Waals surface area contributed by atoms with Crippen molar-refractivity contribution in [1.82, 2.24) is 14.9 Å². The molecule has 1 aromatic carbocycles. The van der Waals surface area contributed by atoms with Gasteiger partial charge in [0.1, 0.15) is 0 Å². The quantitative estimate of drug-likeness (QED) is 0.883. The zero-order valence-corrected chi connectivity index (χ0v) is 11.4. The topological polar surface area (TPSA) is 46.9 Å². The summed E-state index contributed by atoms with van der Waals surface area (Å²) >= 11 is 5.73. The number of imidazole rings is 1. The number of hydrogen-bond acceptors (Lipinski definition) is 2. The molecule has 106 valence electrons. The van der Waals surface area contributed by atoms with Gasteiger partial charge >= 0.3 is 0 Å². The van der Waals surface area contributed by atoms with E-state index in [1.165, 1.54) is 0 Å². The van der Waals surface area contributed by atoms with E-state index in [0.717, 1.165) is 12.1 Å². The standard InChI is InChI=1S/C13H12ClF2N3O/c1-8(19-3-2-17-7-19)6-18-13(20)9-4-11(15)12(16)5-10(9)14/h2-5,7-8H,6H2,1H3,(H,18,20). The molecule has 0 aliphatic rings. The van der Waals surface area contributed by atoms with E-state index in [0.29, 0.717) is 6.54 Å². The predicted octanol–water partition coefficient (Wildman–Crippen LogP) is 2.81. The average Bonchev–Trinajstić information content (AvgIpc) is 2.94. The van der Waals surface area contributed by atoms with Gasteiger partial charge in [0.05, 0.1) is 16.9 Å². The molecular formula is C13H12ClF2N3O. The number of nitrogens with one attached hydrogen (secondary N) is 1. The smallest absolute Gasteiger partial charge is 0.252 e. The molecule has 1 unspecified atom stereocenters. The van der Waals surface area contributed by atoms with Crippen LogP contribution in [0.3, 0.4) is 0 Å². The van der Waals surface area contributed by atoms with E-state index < -0.39 is 17.5 Å². The van der Waals surface area contributed by atoms with Gasteiger partial charge in [-0.1, -0.05) is 11.6 Å². The summed E-state index contributed by atoms with van der Waals surface area (Å²) in [5.74, 6) is -2.75. The van der Waals surface area contributed by atoms with Crippen LogP contribution in [0.5, 0.6) is 0 Å². The van der Waals surface area contributed by atoms with Crippen molar-refractivity contribution in [2.24, 2.45) is 0 Å². The third-order valence-electron chi connectivity index (χ3n) is 2.85. The van der Waals surface area contributed by atoms with Gasteiger partial charge < -0.3 is 9.88 Å². The molecule has 2 rings (SSSR count). The maximum absolute atomic E-state index is 13.1. The Balaban J connectivity index is 2.04. The molecule has 0 aliphatic carbocycles. The second-order valence-electron chi connectivity index (χ2n) is 4.32. The Morgan fingerprint density at radius 2 is 2.15 bits per heavy atom. The number of nitrogens with zero attached hydrogens (tertiary/aromatic N) is 2. The summed E-state index contributed by atoms with van der Waals surface area (Å²) in [4.78, 5) is 15.8. The van der Waals surface area contributed by atoms with Crippen molar-refractivity contribution < 1.29 is 13.6 Å². The van der Waals surface area contributed by atoms with Crippen LogP contribution in [0.25, 0.3) is 0 Å². The van der Waals surface area contributed by atoms with Crippen LogP contribution in [0.2, 0.25) is 5.02 Å². The second kappa shape index (κ2) is 6.00. The molecule has 1 N–H and O–H groups in total. The van der Waals surface area contributed by atoms with E-state index in [1.807, 2.05) is 11.5 Å². The first-order chi connectivity index (χ1) is 9.49. The Morgan fingerprint density at radius 1 is 1.45 bits per heavy atom. The largest absolute Gasteiger partial charge is 0.350 e. The van der Waals surface area contributed by atoms with Crippen molar-refractivity contribution in [3.8, 4) is 0 Å². The first-order valence-corrected chi connectivity index (χ1v) is 6.27. The number of carbonyl (C=O) groups is 1. The SMILES string of the molecule is CC(CNC(=O)c1cc(F)c(F)cc1Cl)n1ccnc1. The van der Waals surface area contributed by atoms with E-state index in [9.17, 15) is 13.6 Å². The maximum atomic E-state index is 13.1. The number of benzene rings is 1. The molecule has 0 saturated heterocycles. The number of halogens is 3. The van der Waals surface area contributed by atoms with Gasteiger partial charge in [-0.05, 0) is 19.1 Å². The van der Waals surface area contributed by atoms with E-state index in [4.69, 9.17) is 11.6 Å². The fourth-order valence-corrected chi connectivity index (χ4v) is 1.90. The van der Waals surface area contributed by atoms with Gasteiger partial charge in [0.15, 0.2) is 11.6 Å². The summed E-state index contributed by atoms with van der Waals surface area (Å²) in [7, 11) is 0. The van der Waals surface area contributed by atoms with Crippen LogP contribution < -0.4 is 5.32 Å². The lowest BCUT2D eigenvalue weighted by Gasteiger charge is -2.14. The van der Waals surface area contributed by atoms with Gasteiger partial charge in [0, 0.05) is 25.0 Å². The molecule has 2 aromatic rings. The lowest BCUT2D eigenvalue weighted by atomic mass is 10.2. The molecule has 0 fully saturated rings. The molecule has 0 aliphatic heterocycles. The lowest BCUT2D eigenvalue weighted by molar-refractivity contribution is 0.0948. The normalized spacial score (nSPS) is 12.2. The van der Waals surface area contributed by atoms with Crippen molar-refractivity contribution in [2.75, 3.05) is 6.54 Å². The van der Waals surface area contributed by atoms with Crippen LogP contribution in [-0.4, -0.2) is 22.0 Å². The molecule has 0 bridgehead atoms. The number of aromatic nitrogens is 2. The third-order valence-corrected chi connectivity index (χ3v) is 3.16.